The average Bonchev–Trinajstić information content (AvgIpc) is 2.99. The summed E-state index contributed by atoms with van der Waals surface area (Å²) in [7, 11) is 0. The minimum atomic E-state index is -0.940. The molecule has 0 aliphatic heterocycles. The van der Waals surface area contributed by atoms with Crippen LogP contribution in [0.3, 0.4) is 0 Å². The lowest BCUT2D eigenvalue weighted by Crippen LogP contribution is -2.31. The van der Waals surface area contributed by atoms with Gasteiger partial charge < -0.3 is 14.6 Å². The third-order valence-corrected chi connectivity index (χ3v) is 4.85. The number of nitrogens with zero attached hydrogens (tertiary/aromatic N) is 2. The Hall–Kier alpha value is -2.51. The Bertz CT molecular complexity index is 1010. The van der Waals surface area contributed by atoms with Crippen molar-refractivity contribution in [2.45, 2.75) is 25.3 Å². The van der Waals surface area contributed by atoms with Crippen LogP contribution in [0.4, 0.5) is 5.69 Å². The van der Waals surface area contributed by atoms with Crippen LogP contribution in [0.15, 0.2) is 48.5 Å². The number of amides is 1. The Balaban J connectivity index is 1.67. The number of para-hydroxylation sites is 2. The number of thioether (sulfide) groups is 1. The summed E-state index contributed by atoms with van der Waals surface area (Å²) in [5, 5.41) is 3.19. The highest BCUT2D eigenvalue weighted by molar-refractivity contribution is 7.97. The number of aromatic nitrogens is 2. The van der Waals surface area contributed by atoms with Crippen LogP contribution in [0, 0.1) is 0 Å². The van der Waals surface area contributed by atoms with Gasteiger partial charge in [0.15, 0.2) is 6.10 Å². The van der Waals surface area contributed by atoms with Crippen molar-refractivity contribution in [3.05, 3.63) is 59.4 Å². The second-order valence-corrected chi connectivity index (χ2v) is 7.47. The summed E-state index contributed by atoms with van der Waals surface area (Å²) in [6.45, 7) is 1.53. The molecule has 3 rings (SSSR count). The molecule has 0 saturated carbocycles. The summed E-state index contributed by atoms with van der Waals surface area (Å²) in [5.74, 6) is 0.545. The molecule has 146 valence electrons. The molecule has 6 nitrogen and oxygen atoms in total. The van der Waals surface area contributed by atoms with Crippen molar-refractivity contribution in [2.24, 2.45) is 0 Å². The van der Waals surface area contributed by atoms with Crippen LogP contribution < -0.4 is 5.32 Å². The fraction of sp³-hybridized carbons (Fsp3) is 0.250. The smallest absolute Gasteiger partial charge is 0.326 e. The van der Waals surface area contributed by atoms with Gasteiger partial charge in [0, 0.05) is 10.7 Å². The fourth-order valence-electron chi connectivity index (χ4n) is 2.77. The molecule has 28 heavy (non-hydrogen) atoms. The monoisotopic (exact) mass is 417 g/mol. The number of fused-ring (bicyclic) bond motifs is 1. The normalized spacial score (nSPS) is 12.0. The van der Waals surface area contributed by atoms with E-state index in [1.165, 1.54) is 6.92 Å². The second kappa shape index (κ2) is 9.12. The molecule has 0 aliphatic rings. The average molecular weight is 418 g/mol. The maximum atomic E-state index is 12.5. The summed E-state index contributed by atoms with van der Waals surface area (Å²) in [6, 6.07) is 14.4. The van der Waals surface area contributed by atoms with Gasteiger partial charge in [-0.05, 0) is 43.5 Å². The first-order valence-corrected chi connectivity index (χ1v) is 10.4. The Labute approximate surface area is 172 Å². The van der Waals surface area contributed by atoms with Crippen LogP contribution >= 0.6 is 23.4 Å². The van der Waals surface area contributed by atoms with E-state index in [2.05, 4.69) is 10.3 Å². The standard InChI is InChI=1S/C20H20ClN3O3S/c1-13(20(26)22-15-7-5-6-14(21)10-15)27-19(25)11-24-17-9-4-3-8-16(17)23-18(24)12-28-2/h3-10,13H,11-12H2,1-2H3,(H,22,26)/t13-/m1/s1. The molecule has 1 aromatic heterocycles. The van der Waals surface area contributed by atoms with E-state index < -0.39 is 18.0 Å². The van der Waals surface area contributed by atoms with Crippen molar-refractivity contribution >= 4 is 52.0 Å². The number of halogens is 1. The van der Waals surface area contributed by atoms with Crippen molar-refractivity contribution in [1.82, 2.24) is 9.55 Å². The summed E-state index contributed by atoms with van der Waals surface area (Å²) >= 11 is 7.53. The summed E-state index contributed by atoms with van der Waals surface area (Å²) in [5.41, 5.74) is 2.23. The molecule has 3 aromatic rings. The molecule has 1 atom stereocenters. The Morgan fingerprint density at radius 1 is 1.25 bits per heavy atom. The van der Waals surface area contributed by atoms with Gasteiger partial charge in [-0.1, -0.05) is 29.8 Å². The van der Waals surface area contributed by atoms with E-state index in [0.717, 1.165) is 16.9 Å². The zero-order chi connectivity index (χ0) is 20.1. The predicted octanol–water partition coefficient (Wildman–Crippen LogP) is 4.12. The van der Waals surface area contributed by atoms with E-state index in [9.17, 15) is 9.59 Å². The van der Waals surface area contributed by atoms with Crippen LogP contribution in [0.25, 0.3) is 11.0 Å². The summed E-state index contributed by atoms with van der Waals surface area (Å²) < 4.78 is 7.16. The Morgan fingerprint density at radius 2 is 2.04 bits per heavy atom. The van der Waals surface area contributed by atoms with E-state index in [1.807, 2.05) is 35.1 Å². The van der Waals surface area contributed by atoms with Gasteiger partial charge in [-0.2, -0.15) is 11.8 Å². The van der Waals surface area contributed by atoms with Gasteiger partial charge in [0.05, 0.1) is 16.8 Å². The van der Waals surface area contributed by atoms with Crippen molar-refractivity contribution in [2.75, 3.05) is 11.6 Å². The quantitative estimate of drug-likeness (QED) is 0.585. The van der Waals surface area contributed by atoms with E-state index in [-0.39, 0.29) is 6.54 Å². The molecule has 0 unspecified atom stereocenters. The maximum Gasteiger partial charge on any atom is 0.326 e. The fourth-order valence-corrected chi connectivity index (χ4v) is 3.44. The van der Waals surface area contributed by atoms with Gasteiger partial charge in [-0.3, -0.25) is 9.59 Å². The number of nitrogens with one attached hydrogen (secondary N) is 1. The summed E-state index contributed by atoms with van der Waals surface area (Å²) in [6.07, 6.45) is 1.04. The lowest BCUT2D eigenvalue weighted by Gasteiger charge is -2.15. The molecule has 1 heterocycles. The van der Waals surface area contributed by atoms with Crippen LogP contribution in [-0.4, -0.2) is 33.8 Å². The number of carbonyl (C=O) groups excluding carboxylic acids is 2. The minimum absolute atomic E-state index is 0.00874. The molecule has 0 radical (unpaired) electrons. The maximum absolute atomic E-state index is 12.5. The number of rotatable bonds is 7. The van der Waals surface area contributed by atoms with Gasteiger partial charge >= 0.3 is 5.97 Å². The topological polar surface area (TPSA) is 73.2 Å². The van der Waals surface area contributed by atoms with Crippen LogP contribution in [0.1, 0.15) is 12.7 Å². The highest BCUT2D eigenvalue weighted by Gasteiger charge is 2.20. The molecule has 1 amide bonds. The van der Waals surface area contributed by atoms with Crippen LogP contribution in [0.2, 0.25) is 5.02 Å². The van der Waals surface area contributed by atoms with Crippen molar-refractivity contribution in [3.63, 3.8) is 0 Å². The van der Waals surface area contributed by atoms with Gasteiger partial charge in [0.2, 0.25) is 0 Å². The Kier molecular flexibility index (Phi) is 6.59. The minimum Gasteiger partial charge on any atom is -0.451 e. The predicted molar refractivity (Wildman–Crippen MR) is 113 cm³/mol. The highest BCUT2D eigenvalue weighted by atomic mass is 35.5. The van der Waals surface area contributed by atoms with Crippen molar-refractivity contribution in [1.29, 1.82) is 0 Å². The first-order valence-electron chi connectivity index (χ1n) is 8.67. The number of hydrogen-bond acceptors (Lipinski definition) is 5. The van der Waals surface area contributed by atoms with Crippen LogP contribution in [-0.2, 0) is 26.6 Å². The molecular weight excluding hydrogens is 398 g/mol. The third-order valence-electron chi connectivity index (χ3n) is 4.06. The number of benzene rings is 2. The molecule has 0 saturated heterocycles. The molecular formula is C20H20ClN3O3S. The lowest BCUT2D eigenvalue weighted by atomic mass is 10.3. The van der Waals surface area contributed by atoms with Gasteiger partial charge in [-0.25, -0.2) is 4.98 Å². The SMILES string of the molecule is CSCc1nc2ccccc2n1CC(=O)O[C@H](C)C(=O)Nc1cccc(Cl)c1. The molecule has 0 bridgehead atoms. The molecule has 0 aliphatic carbocycles. The van der Waals surface area contributed by atoms with Gasteiger partial charge in [0.25, 0.3) is 5.91 Å². The molecule has 0 spiro atoms. The lowest BCUT2D eigenvalue weighted by molar-refractivity contribution is -0.153. The Morgan fingerprint density at radius 3 is 2.79 bits per heavy atom. The number of anilines is 1. The van der Waals surface area contributed by atoms with Crippen LogP contribution in [0.5, 0.6) is 0 Å². The molecule has 8 heteroatoms. The van der Waals surface area contributed by atoms with E-state index in [0.29, 0.717) is 16.5 Å². The van der Waals surface area contributed by atoms with Crippen molar-refractivity contribution < 1.29 is 14.3 Å². The zero-order valence-electron chi connectivity index (χ0n) is 15.5. The van der Waals surface area contributed by atoms with E-state index in [1.54, 1.807) is 36.0 Å². The van der Waals surface area contributed by atoms with Crippen molar-refractivity contribution in [3.8, 4) is 0 Å². The number of imidazole rings is 1. The third kappa shape index (κ3) is 4.85. The number of ether oxygens (including phenoxy) is 1. The van der Waals surface area contributed by atoms with Gasteiger partial charge in [-0.15, -0.1) is 0 Å². The summed E-state index contributed by atoms with van der Waals surface area (Å²) in [4.78, 5) is 29.3. The number of esters is 1. The molecule has 1 N–H and O–H groups in total. The van der Waals surface area contributed by atoms with Gasteiger partial charge in [0.1, 0.15) is 12.4 Å². The first kappa shape index (κ1) is 20.2. The molecule has 2 aromatic carbocycles. The highest BCUT2D eigenvalue weighted by Crippen LogP contribution is 2.19. The zero-order valence-corrected chi connectivity index (χ0v) is 17.1. The first-order chi connectivity index (χ1) is 13.5. The largest absolute Gasteiger partial charge is 0.451 e. The second-order valence-electron chi connectivity index (χ2n) is 6.17. The number of carbonyl (C=O) groups is 2. The number of hydrogen-bond donors (Lipinski definition) is 1. The van der Waals surface area contributed by atoms with E-state index >= 15 is 0 Å². The van der Waals surface area contributed by atoms with E-state index in [4.69, 9.17) is 16.3 Å². The molecule has 0 fully saturated rings.